The van der Waals surface area contributed by atoms with E-state index in [1.807, 2.05) is 24.3 Å². The summed E-state index contributed by atoms with van der Waals surface area (Å²) in [5.74, 6) is 1.45. The van der Waals surface area contributed by atoms with Crippen LogP contribution in [0.15, 0.2) is 24.3 Å². The molecular weight excluding hydrogens is 318 g/mol. The maximum Gasteiger partial charge on any atom is 0.246 e. The van der Waals surface area contributed by atoms with Crippen LogP contribution >= 0.6 is 0 Å². The normalized spacial score (nSPS) is 14.7. The fourth-order valence-corrected chi connectivity index (χ4v) is 2.67. The van der Waals surface area contributed by atoms with Crippen LogP contribution in [-0.2, 0) is 9.53 Å². The van der Waals surface area contributed by atoms with Crippen molar-refractivity contribution >= 4 is 12.0 Å². The fraction of sp³-hybridized carbons (Fsp3) is 0.550. The van der Waals surface area contributed by atoms with Crippen LogP contribution in [0, 0.1) is 0 Å². The third-order valence-electron chi connectivity index (χ3n) is 4.18. The number of unbranched alkanes of at least 4 members (excludes halogenated alkanes) is 3. The minimum absolute atomic E-state index is 0.0125. The first-order chi connectivity index (χ1) is 12.2. The van der Waals surface area contributed by atoms with Gasteiger partial charge in [0, 0.05) is 19.2 Å². The number of ether oxygens (including phenoxy) is 3. The van der Waals surface area contributed by atoms with Crippen LogP contribution in [0.2, 0.25) is 0 Å². The van der Waals surface area contributed by atoms with Crippen molar-refractivity contribution < 1.29 is 19.0 Å². The van der Waals surface area contributed by atoms with Gasteiger partial charge in [0.2, 0.25) is 5.91 Å². The summed E-state index contributed by atoms with van der Waals surface area (Å²) in [5, 5.41) is 0. The zero-order valence-electron chi connectivity index (χ0n) is 15.3. The van der Waals surface area contributed by atoms with Crippen LogP contribution < -0.4 is 9.47 Å². The Hall–Kier alpha value is -2.01. The zero-order valence-corrected chi connectivity index (χ0v) is 15.3. The molecule has 0 unspecified atom stereocenters. The van der Waals surface area contributed by atoms with Gasteiger partial charge in [-0.1, -0.05) is 32.3 Å². The smallest absolute Gasteiger partial charge is 0.246 e. The molecule has 0 bridgehead atoms. The number of rotatable bonds is 9. The number of methoxy groups -OCH3 is 1. The summed E-state index contributed by atoms with van der Waals surface area (Å²) >= 11 is 0. The molecule has 1 saturated heterocycles. The minimum atomic E-state index is 0.0125. The topological polar surface area (TPSA) is 48.0 Å². The average Bonchev–Trinajstić information content (AvgIpc) is 2.67. The molecule has 0 radical (unpaired) electrons. The Morgan fingerprint density at radius 2 is 2.00 bits per heavy atom. The Bertz CT molecular complexity index is 565. The van der Waals surface area contributed by atoms with Crippen molar-refractivity contribution in [1.82, 2.24) is 4.90 Å². The van der Waals surface area contributed by atoms with Crippen molar-refractivity contribution in [2.24, 2.45) is 0 Å². The van der Waals surface area contributed by atoms with Crippen LogP contribution in [0.3, 0.4) is 0 Å². The maximum atomic E-state index is 12.1. The molecule has 0 atom stereocenters. The lowest BCUT2D eigenvalue weighted by Crippen LogP contribution is -2.39. The van der Waals surface area contributed by atoms with Gasteiger partial charge in [0.25, 0.3) is 0 Å². The summed E-state index contributed by atoms with van der Waals surface area (Å²) < 4.78 is 16.5. The summed E-state index contributed by atoms with van der Waals surface area (Å²) in [6, 6.07) is 5.73. The Labute approximate surface area is 150 Å². The third kappa shape index (κ3) is 6.42. The van der Waals surface area contributed by atoms with E-state index in [9.17, 15) is 4.79 Å². The second-order valence-electron chi connectivity index (χ2n) is 6.09. The lowest BCUT2D eigenvalue weighted by Gasteiger charge is -2.25. The molecule has 5 heteroatoms. The molecule has 138 valence electrons. The van der Waals surface area contributed by atoms with Crippen molar-refractivity contribution in [1.29, 1.82) is 0 Å². The van der Waals surface area contributed by atoms with E-state index in [0.29, 0.717) is 38.7 Å². The molecule has 0 N–H and O–H groups in total. The molecule has 1 amide bonds. The number of nitrogens with zero attached hydrogens (tertiary/aromatic N) is 1. The summed E-state index contributed by atoms with van der Waals surface area (Å²) in [4.78, 5) is 13.9. The molecule has 0 aliphatic carbocycles. The van der Waals surface area contributed by atoms with Crippen LogP contribution in [0.1, 0.15) is 38.2 Å². The molecule has 25 heavy (non-hydrogen) atoms. The summed E-state index contributed by atoms with van der Waals surface area (Å²) in [6.45, 7) is 5.41. The van der Waals surface area contributed by atoms with Crippen molar-refractivity contribution in [3.8, 4) is 11.5 Å². The summed E-state index contributed by atoms with van der Waals surface area (Å²) in [7, 11) is 1.63. The van der Waals surface area contributed by atoms with Crippen molar-refractivity contribution in [3.63, 3.8) is 0 Å². The number of benzene rings is 1. The predicted molar refractivity (Wildman–Crippen MR) is 99.1 cm³/mol. The number of morpholine rings is 1. The first-order valence-electron chi connectivity index (χ1n) is 9.10. The molecule has 2 rings (SSSR count). The van der Waals surface area contributed by atoms with Gasteiger partial charge in [0.15, 0.2) is 11.5 Å². The molecule has 1 aliphatic heterocycles. The van der Waals surface area contributed by atoms with Gasteiger partial charge in [-0.3, -0.25) is 4.79 Å². The first-order valence-corrected chi connectivity index (χ1v) is 9.10. The Morgan fingerprint density at radius 1 is 1.20 bits per heavy atom. The standard InChI is InChI=1S/C20H29NO4/c1-3-4-5-6-13-25-18-9-7-17(16-19(18)23-2)8-10-20(22)21-11-14-24-15-12-21/h7-10,16H,3-6,11-15H2,1-2H3/b10-8+. The SMILES string of the molecule is CCCCCCOc1ccc(/C=C/C(=O)N2CCOCC2)cc1OC. The van der Waals surface area contributed by atoms with E-state index in [4.69, 9.17) is 14.2 Å². The summed E-state index contributed by atoms with van der Waals surface area (Å²) in [5.41, 5.74) is 0.914. The highest BCUT2D eigenvalue weighted by Crippen LogP contribution is 2.28. The van der Waals surface area contributed by atoms with Crippen LogP contribution in [0.25, 0.3) is 6.08 Å². The minimum Gasteiger partial charge on any atom is -0.493 e. The second kappa shape index (κ2) is 10.8. The summed E-state index contributed by atoms with van der Waals surface area (Å²) in [6.07, 6.45) is 8.10. The Kier molecular flexibility index (Phi) is 8.32. The third-order valence-corrected chi connectivity index (χ3v) is 4.18. The molecule has 0 aromatic heterocycles. The maximum absolute atomic E-state index is 12.1. The van der Waals surface area contributed by atoms with Gasteiger partial charge in [-0.05, 0) is 30.2 Å². The molecule has 1 heterocycles. The molecular formula is C20H29NO4. The van der Waals surface area contributed by atoms with Crippen molar-refractivity contribution in [2.75, 3.05) is 40.0 Å². The van der Waals surface area contributed by atoms with E-state index in [1.165, 1.54) is 19.3 Å². The average molecular weight is 347 g/mol. The zero-order chi connectivity index (χ0) is 17.9. The van der Waals surface area contributed by atoms with Crippen molar-refractivity contribution in [3.05, 3.63) is 29.8 Å². The van der Waals surface area contributed by atoms with E-state index >= 15 is 0 Å². The van der Waals surface area contributed by atoms with E-state index < -0.39 is 0 Å². The lowest BCUT2D eigenvalue weighted by atomic mass is 10.1. The van der Waals surface area contributed by atoms with Gasteiger partial charge < -0.3 is 19.1 Å². The van der Waals surface area contributed by atoms with Gasteiger partial charge in [0.1, 0.15) is 0 Å². The van der Waals surface area contributed by atoms with Crippen molar-refractivity contribution in [2.45, 2.75) is 32.6 Å². The molecule has 1 aromatic carbocycles. The van der Waals surface area contributed by atoms with Gasteiger partial charge in [-0.25, -0.2) is 0 Å². The quantitative estimate of drug-likeness (QED) is 0.506. The number of amides is 1. The number of hydrogen-bond donors (Lipinski definition) is 0. The number of carbonyl (C=O) groups excluding carboxylic acids is 1. The largest absolute Gasteiger partial charge is 0.493 e. The predicted octanol–water partition coefficient (Wildman–Crippen LogP) is 3.53. The lowest BCUT2D eigenvalue weighted by molar-refractivity contribution is -0.129. The molecule has 0 saturated carbocycles. The van der Waals surface area contributed by atoms with E-state index in [1.54, 1.807) is 18.1 Å². The molecule has 1 aromatic rings. The van der Waals surface area contributed by atoms with E-state index in [0.717, 1.165) is 17.7 Å². The van der Waals surface area contributed by atoms with E-state index in [2.05, 4.69) is 6.92 Å². The van der Waals surface area contributed by atoms with Gasteiger partial charge in [-0.15, -0.1) is 0 Å². The highest BCUT2D eigenvalue weighted by Gasteiger charge is 2.14. The fourth-order valence-electron chi connectivity index (χ4n) is 2.67. The van der Waals surface area contributed by atoms with Gasteiger partial charge in [0.05, 0.1) is 26.9 Å². The molecule has 5 nitrogen and oxygen atoms in total. The highest BCUT2D eigenvalue weighted by atomic mass is 16.5. The Balaban J connectivity index is 1.90. The number of carbonyl (C=O) groups is 1. The molecule has 0 spiro atoms. The van der Waals surface area contributed by atoms with E-state index in [-0.39, 0.29) is 5.91 Å². The Morgan fingerprint density at radius 3 is 2.72 bits per heavy atom. The second-order valence-corrected chi connectivity index (χ2v) is 6.09. The van der Waals surface area contributed by atoms with Crippen LogP contribution in [-0.4, -0.2) is 50.8 Å². The van der Waals surface area contributed by atoms with Gasteiger partial charge in [-0.2, -0.15) is 0 Å². The number of hydrogen-bond acceptors (Lipinski definition) is 4. The molecule has 1 fully saturated rings. The van der Waals surface area contributed by atoms with Gasteiger partial charge >= 0.3 is 0 Å². The van der Waals surface area contributed by atoms with Crippen LogP contribution in [0.5, 0.6) is 11.5 Å². The monoisotopic (exact) mass is 347 g/mol. The van der Waals surface area contributed by atoms with Crippen LogP contribution in [0.4, 0.5) is 0 Å². The molecule has 1 aliphatic rings. The highest BCUT2D eigenvalue weighted by molar-refractivity contribution is 5.91. The first kappa shape index (κ1) is 19.3.